The standard InChI is InChI=1S/C34H36N4O3/c1-20-11-26(41-21(20)2)15-34(3,4)32-29-14-22(9-10-31(29)38-33(32)39)23-13-27(18-36-16-23)40-19-25(35)12-24-17-37-30-8-6-5-7-28(24)30/h5-11,13-14,16-18,25,32,37H,12,15,19,35H2,1-4H3,(H,38,39)/t25-,32?/m0/s1. The molecule has 0 saturated heterocycles. The summed E-state index contributed by atoms with van der Waals surface area (Å²) < 4.78 is 12.0. The molecule has 7 nitrogen and oxygen atoms in total. The minimum absolute atomic E-state index is 0.0153. The molecule has 0 spiro atoms. The summed E-state index contributed by atoms with van der Waals surface area (Å²) in [5, 5.41) is 4.27. The fourth-order valence-electron chi connectivity index (χ4n) is 6.01. The third kappa shape index (κ3) is 5.37. The summed E-state index contributed by atoms with van der Waals surface area (Å²) in [6.07, 6.45) is 6.91. The zero-order valence-corrected chi connectivity index (χ0v) is 24.0. The number of furan rings is 1. The van der Waals surface area contributed by atoms with E-state index < -0.39 is 0 Å². The van der Waals surface area contributed by atoms with Crippen LogP contribution in [0.2, 0.25) is 0 Å². The molecule has 0 bridgehead atoms. The number of aryl methyl sites for hydroxylation is 2. The number of rotatable bonds is 9. The number of amides is 1. The molecule has 2 atom stereocenters. The van der Waals surface area contributed by atoms with Gasteiger partial charge in [0.2, 0.25) is 5.91 Å². The van der Waals surface area contributed by atoms with E-state index in [1.165, 1.54) is 10.9 Å². The Bertz CT molecular complexity index is 1710. The van der Waals surface area contributed by atoms with Crippen LogP contribution in [0.1, 0.15) is 48.0 Å². The molecule has 3 aromatic heterocycles. The van der Waals surface area contributed by atoms with Crippen molar-refractivity contribution in [3.8, 4) is 16.9 Å². The van der Waals surface area contributed by atoms with Crippen LogP contribution in [-0.4, -0.2) is 28.5 Å². The SMILES string of the molecule is Cc1cc(CC(C)(C)C2C(=O)Nc3ccc(-c4cncc(OC[C@@H](N)Cc5c[nH]c6ccccc56)c4)cc32)oc1C. The first kappa shape index (κ1) is 26.8. The lowest BCUT2D eigenvalue weighted by atomic mass is 9.72. The van der Waals surface area contributed by atoms with Crippen molar-refractivity contribution in [1.82, 2.24) is 9.97 Å². The Hall–Kier alpha value is -4.36. The van der Waals surface area contributed by atoms with Crippen molar-refractivity contribution in [2.75, 3.05) is 11.9 Å². The van der Waals surface area contributed by atoms with E-state index in [1.807, 2.05) is 56.6 Å². The van der Waals surface area contributed by atoms with Gasteiger partial charge in [-0.25, -0.2) is 0 Å². The first-order chi connectivity index (χ1) is 19.7. The lowest BCUT2D eigenvalue weighted by Gasteiger charge is -2.29. The van der Waals surface area contributed by atoms with Gasteiger partial charge in [-0.15, -0.1) is 0 Å². The van der Waals surface area contributed by atoms with Gasteiger partial charge in [0.15, 0.2) is 0 Å². The Labute approximate surface area is 240 Å². The summed E-state index contributed by atoms with van der Waals surface area (Å²) >= 11 is 0. The van der Waals surface area contributed by atoms with Gasteiger partial charge < -0.3 is 25.2 Å². The molecule has 0 radical (unpaired) electrons. The Morgan fingerprint density at radius 2 is 1.90 bits per heavy atom. The van der Waals surface area contributed by atoms with Gasteiger partial charge in [0.1, 0.15) is 23.9 Å². The van der Waals surface area contributed by atoms with Crippen molar-refractivity contribution in [3.63, 3.8) is 0 Å². The highest BCUT2D eigenvalue weighted by Gasteiger charge is 2.42. The topological polar surface area (TPSA) is 106 Å². The molecule has 1 aliphatic heterocycles. The Morgan fingerprint density at radius 1 is 1.07 bits per heavy atom. The number of hydrogen-bond donors (Lipinski definition) is 3. The number of anilines is 1. The van der Waals surface area contributed by atoms with E-state index in [9.17, 15) is 4.79 Å². The third-order valence-electron chi connectivity index (χ3n) is 8.18. The molecule has 2 aromatic carbocycles. The van der Waals surface area contributed by atoms with Crippen LogP contribution in [0.4, 0.5) is 5.69 Å². The van der Waals surface area contributed by atoms with Crippen molar-refractivity contribution in [2.45, 2.75) is 52.5 Å². The fraction of sp³-hybridized carbons (Fsp3) is 0.294. The number of pyridine rings is 1. The van der Waals surface area contributed by atoms with Crippen LogP contribution in [0.15, 0.2) is 77.6 Å². The van der Waals surface area contributed by atoms with E-state index in [0.717, 1.165) is 45.0 Å². The first-order valence-corrected chi connectivity index (χ1v) is 14.1. The van der Waals surface area contributed by atoms with E-state index in [-0.39, 0.29) is 23.3 Å². The molecule has 4 heterocycles. The zero-order valence-electron chi connectivity index (χ0n) is 24.0. The number of para-hydroxylation sites is 1. The van der Waals surface area contributed by atoms with Crippen molar-refractivity contribution >= 4 is 22.5 Å². The van der Waals surface area contributed by atoms with Crippen LogP contribution in [-0.2, 0) is 17.6 Å². The summed E-state index contributed by atoms with van der Waals surface area (Å²) in [6, 6.07) is 18.2. The van der Waals surface area contributed by atoms with E-state index in [1.54, 1.807) is 6.20 Å². The number of aromatic amines is 1. The first-order valence-electron chi connectivity index (χ1n) is 14.1. The van der Waals surface area contributed by atoms with Gasteiger partial charge in [0.05, 0.1) is 12.1 Å². The third-order valence-corrected chi connectivity index (χ3v) is 8.18. The van der Waals surface area contributed by atoms with Crippen LogP contribution >= 0.6 is 0 Å². The summed E-state index contributed by atoms with van der Waals surface area (Å²) in [7, 11) is 0. The summed E-state index contributed by atoms with van der Waals surface area (Å²) in [6.45, 7) is 8.64. The number of nitrogens with zero attached hydrogens (tertiary/aromatic N) is 1. The number of carbonyl (C=O) groups excluding carboxylic acids is 1. The highest BCUT2D eigenvalue weighted by molar-refractivity contribution is 6.04. The molecule has 6 rings (SSSR count). The molecule has 0 fully saturated rings. The van der Waals surface area contributed by atoms with Crippen LogP contribution < -0.4 is 15.8 Å². The number of hydrogen-bond acceptors (Lipinski definition) is 5. The van der Waals surface area contributed by atoms with Gasteiger partial charge in [-0.2, -0.15) is 0 Å². The summed E-state index contributed by atoms with van der Waals surface area (Å²) in [5.41, 5.74) is 13.2. The Kier molecular flexibility index (Phi) is 6.91. The van der Waals surface area contributed by atoms with Gasteiger partial charge in [0.25, 0.3) is 0 Å². The van der Waals surface area contributed by atoms with Crippen molar-refractivity contribution < 1.29 is 13.9 Å². The Balaban J connectivity index is 1.18. The molecule has 4 N–H and O–H groups in total. The summed E-state index contributed by atoms with van der Waals surface area (Å²) in [4.78, 5) is 20.9. The number of H-pyrrole nitrogens is 1. The molecule has 0 aliphatic carbocycles. The predicted molar refractivity (Wildman–Crippen MR) is 162 cm³/mol. The highest BCUT2D eigenvalue weighted by Crippen LogP contribution is 2.47. The quantitative estimate of drug-likeness (QED) is 0.190. The molecular weight excluding hydrogens is 512 g/mol. The van der Waals surface area contributed by atoms with Gasteiger partial charge >= 0.3 is 0 Å². The molecule has 1 unspecified atom stereocenters. The average Bonchev–Trinajstić information content (AvgIpc) is 3.60. The van der Waals surface area contributed by atoms with Crippen molar-refractivity contribution in [3.05, 3.63) is 101 Å². The van der Waals surface area contributed by atoms with Crippen molar-refractivity contribution in [1.29, 1.82) is 0 Å². The maximum absolute atomic E-state index is 13.2. The second-order valence-corrected chi connectivity index (χ2v) is 11.9. The van der Waals surface area contributed by atoms with Crippen molar-refractivity contribution in [2.24, 2.45) is 11.1 Å². The van der Waals surface area contributed by atoms with Crippen LogP contribution in [0, 0.1) is 19.3 Å². The lowest BCUT2D eigenvalue weighted by Crippen LogP contribution is -2.30. The molecule has 1 aliphatic rings. The monoisotopic (exact) mass is 548 g/mol. The molecule has 0 saturated carbocycles. The minimum Gasteiger partial charge on any atom is -0.490 e. The molecule has 210 valence electrons. The van der Waals surface area contributed by atoms with E-state index >= 15 is 0 Å². The number of nitrogens with two attached hydrogens (primary N) is 1. The normalized spacial score (nSPS) is 15.6. The molecule has 5 aromatic rings. The van der Waals surface area contributed by atoms with E-state index in [0.29, 0.717) is 25.2 Å². The number of nitrogens with one attached hydrogen (secondary N) is 2. The number of ether oxygens (including phenoxy) is 1. The van der Waals surface area contributed by atoms with Gasteiger partial charge in [-0.1, -0.05) is 38.1 Å². The molecule has 7 heteroatoms. The predicted octanol–water partition coefficient (Wildman–Crippen LogP) is 6.69. The van der Waals surface area contributed by atoms with Gasteiger partial charge in [-0.3, -0.25) is 9.78 Å². The lowest BCUT2D eigenvalue weighted by molar-refractivity contribution is -0.119. The number of carbonyl (C=O) groups is 1. The van der Waals surface area contributed by atoms with E-state index in [2.05, 4.69) is 53.4 Å². The van der Waals surface area contributed by atoms with Crippen LogP contribution in [0.3, 0.4) is 0 Å². The van der Waals surface area contributed by atoms with Crippen LogP contribution in [0.25, 0.3) is 22.0 Å². The highest BCUT2D eigenvalue weighted by atomic mass is 16.5. The van der Waals surface area contributed by atoms with Gasteiger partial charge in [0, 0.05) is 47.0 Å². The largest absolute Gasteiger partial charge is 0.490 e. The zero-order chi connectivity index (χ0) is 28.7. The smallest absolute Gasteiger partial charge is 0.232 e. The van der Waals surface area contributed by atoms with Gasteiger partial charge in [-0.05, 0) is 78.3 Å². The van der Waals surface area contributed by atoms with E-state index in [4.69, 9.17) is 14.9 Å². The number of benzene rings is 2. The maximum atomic E-state index is 13.2. The number of fused-ring (bicyclic) bond motifs is 2. The second kappa shape index (κ2) is 10.6. The Morgan fingerprint density at radius 3 is 2.71 bits per heavy atom. The molecule has 41 heavy (non-hydrogen) atoms. The average molecular weight is 549 g/mol. The molecule has 1 amide bonds. The minimum atomic E-state index is -0.352. The molecular formula is C34H36N4O3. The fourth-order valence-corrected chi connectivity index (χ4v) is 6.01. The maximum Gasteiger partial charge on any atom is 0.232 e. The summed E-state index contributed by atoms with van der Waals surface area (Å²) in [5.74, 6) is 2.19. The number of aromatic nitrogens is 2. The van der Waals surface area contributed by atoms with Crippen LogP contribution in [0.5, 0.6) is 5.75 Å². The second-order valence-electron chi connectivity index (χ2n) is 11.9.